The fraction of sp³-hybridized carbons (Fsp3) is 0.385. The summed E-state index contributed by atoms with van der Waals surface area (Å²) in [5, 5.41) is 11.4. The highest BCUT2D eigenvalue weighted by atomic mass is 19.4. The number of aryl methyl sites for hydroxylation is 1. The number of nitrogens with zero attached hydrogens (tertiary/aromatic N) is 3. The van der Waals surface area contributed by atoms with Crippen LogP contribution in [0.25, 0.3) is 11.6 Å². The van der Waals surface area contributed by atoms with Crippen LogP contribution in [-0.4, -0.2) is 28.1 Å². The second-order valence-corrected chi connectivity index (χ2v) is 8.46. The van der Waals surface area contributed by atoms with Crippen molar-refractivity contribution in [2.75, 3.05) is 12.4 Å². The van der Waals surface area contributed by atoms with Gasteiger partial charge >= 0.3 is 6.18 Å². The molecule has 0 amide bonds. The normalized spacial score (nSPS) is 20.5. The monoisotopic (exact) mass is 485 g/mol. The number of rotatable bonds is 7. The van der Waals surface area contributed by atoms with Crippen LogP contribution < -0.4 is 10.6 Å². The predicted molar refractivity (Wildman–Crippen MR) is 131 cm³/mol. The second-order valence-electron chi connectivity index (χ2n) is 8.46. The second kappa shape index (κ2) is 10.5. The Kier molecular flexibility index (Phi) is 7.45. The van der Waals surface area contributed by atoms with E-state index in [2.05, 4.69) is 20.7 Å². The van der Waals surface area contributed by atoms with Gasteiger partial charge in [0.15, 0.2) is 6.23 Å². The first kappa shape index (κ1) is 24.8. The van der Waals surface area contributed by atoms with Gasteiger partial charge in [0.1, 0.15) is 5.82 Å². The lowest BCUT2D eigenvalue weighted by Crippen LogP contribution is -2.25. The lowest BCUT2D eigenvalue weighted by atomic mass is 10.0. The maximum absolute atomic E-state index is 13.5. The summed E-state index contributed by atoms with van der Waals surface area (Å²) in [6.07, 6.45) is 8.68. The number of aromatic nitrogens is 3. The van der Waals surface area contributed by atoms with E-state index < -0.39 is 11.7 Å². The number of fused-ring (bicyclic) bond motifs is 2. The predicted octanol–water partition coefficient (Wildman–Crippen LogP) is 6.30. The molecule has 2 aliphatic rings. The Labute approximate surface area is 203 Å². The van der Waals surface area contributed by atoms with Crippen molar-refractivity contribution in [3.8, 4) is 0 Å². The molecule has 2 aromatic heterocycles. The van der Waals surface area contributed by atoms with E-state index in [1.54, 1.807) is 39.3 Å². The van der Waals surface area contributed by atoms with Gasteiger partial charge in [0.2, 0.25) is 0 Å². The number of pyridine rings is 1. The first-order valence-corrected chi connectivity index (χ1v) is 11.8. The molecule has 2 aliphatic heterocycles. The van der Waals surface area contributed by atoms with Crippen molar-refractivity contribution in [3.63, 3.8) is 0 Å². The molecule has 4 rings (SSSR count). The Morgan fingerprint density at radius 3 is 2.91 bits per heavy atom. The zero-order chi connectivity index (χ0) is 25.0. The lowest BCUT2D eigenvalue weighted by molar-refractivity contribution is -0.0883. The van der Waals surface area contributed by atoms with E-state index in [0.29, 0.717) is 24.2 Å². The molecule has 2 unspecified atom stereocenters. The summed E-state index contributed by atoms with van der Waals surface area (Å²) < 4.78 is 48.0. The van der Waals surface area contributed by atoms with E-state index in [4.69, 9.17) is 4.74 Å². The summed E-state index contributed by atoms with van der Waals surface area (Å²) in [5.74, 6) is 0.734. The standard InChI is InChI=1S/C26H30F3N5O/c1-4-7-17(15-18(8-5-2)26(27,28)29)22-16-23-21(9-6-14-34(23)33-22)32-24-19-10-13-31-25(35-3)20(19)11-12-30-24/h4,7-8,10-13,15-16,21,25,31H,5-6,9,14H2,1-3H3,(H,30,32)/b7-4-,17-15+,18-8-. The van der Waals surface area contributed by atoms with Crippen molar-refractivity contribution in [1.82, 2.24) is 20.1 Å². The molecular weight excluding hydrogens is 455 g/mol. The summed E-state index contributed by atoms with van der Waals surface area (Å²) in [4.78, 5) is 4.56. The fourth-order valence-electron chi connectivity index (χ4n) is 4.48. The Morgan fingerprint density at radius 2 is 2.20 bits per heavy atom. The van der Waals surface area contributed by atoms with Gasteiger partial charge in [-0.05, 0) is 56.7 Å². The van der Waals surface area contributed by atoms with Crippen molar-refractivity contribution >= 4 is 17.5 Å². The summed E-state index contributed by atoms with van der Waals surface area (Å²) in [7, 11) is 1.64. The van der Waals surface area contributed by atoms with Crippen LogP contribution in [0.2, 0.25) is 0 Å². The van der Waals surface area contributed by atoms with Gasteiger partial charge in [0.05, 0.1) is 23.0 Å². The molecule has 186 valence electrons. The first-order valence-electron chi connectivity index (χ1n) is 11.8. The molecule has 0 saturated heterocycles. The average molecular weight is 486 g/mol. The summed E-state index contributed by atoms with van der Waals surface area (Å²) in [6, 6.07) is 3.73. The summed E-state index contributed by atoms with van der Waals surface area (Å²) in [5.41, 5.74) is 3.14. The molecule has 2 N–H and O–H groups in total. The van der Waals surface area contributed by atoms with Gasteiger partial charge in [0, 0.05) is 36.6 Å². The van der Waals surface area contributed by atoms with Crippen molar-refractivity contribution in [2.24, 2.45) is 0 Å². The SMILES string of the molecule is C\C=C/C(=C\C(=C\CC)C(F)(F)F)c1cc2n(n1)CCCC2Nc1nccc2c1C=CNC2OC. The van der Waals surface area contributed by atoms with Crippen molar-refractivity contribution in [2.45, 2.75) is 58.1 Å². The van der Waals surface area contributed by atoms with Crippen LogP contribution >= 0.6 is 0 Å². The topological polar surface area (TPSA) is 64.0 Å². The lowest BCUT2D eigenvalue weighted by Gasteiger charge is -2.28. The highest BCUT2D eigenvalue weighted by molar-refractivity contribution is 5.75. The quantitative estimate of drug-likeness (QED) is 0.451. The number of hydrogen-bond donors (Lipinski definition) is 2. The highest BCUT2D eigenvalue weighted by Crippen LogP contribution is 2.35. The average Bonchev–Trinajstić information content (AvgIpc) is 3.28. The van der Waals surface area contributed by atoms with Gasteiger partial charge in [-0.3, -0.25) is 4.68 Å². The summed E-state index contributed by atoms with van der Waals surface area (Å²) >= 11 is 0. The Balaban J connectivity index is 1.68. The third kappa shape index (κ3) is 5.35. The van der Waals surface area contributed by atoms with Gasteiger partial charge in [-0.1, -0.05) is 25.2 Å². The molecule has 0 fully saturated rings. The molecule has 2 aromatic rings. The molecule has 0 radical (unpaired) electrons. The number of halogens is 3. The number of alkyl halides is 3. The molecule has 9 heteroatoms. The third-order valence-electron chi connectivity index (χ3n) is 6.09. The zero-order valence-corrected chi connectivity index (χ0v) is 20.1. The van der Waals surface area contributed by atoms with Gasteiger partial charge in [-0.2, -0.15) is 18.3 Å². The number of methoxy groups -OCH3 is 1. The van der Waals surface area contributed by atoms with Gasteiger partial charge < -0.3 is 15.4 Å². The maximum atomic E-state index is 13.5. The molecule has 0 saturated carbocycles. The zero-order valence-electron chi connectivity index (χ0n) is 20.1. The molecule has 35 heavy (non-hydrogen) atoms. The van der Waals surface area contributed by atoms with Crippen LogP contribution in [0, 0.1) is 0 Å². The Bertz CT molecular complexity index is 1180. The number of ether oxygens (including phenoxy) is 1. The molecule has 0 aromatic carbocycles. The highest BCUT2D eigenvalue weighted by Gasteiger charge is 2.32. The van der Waals surface area contributed by atoms with E-state index in [1.807, 2.05) is 29.1 Å². The molecule has 0 bridgehead atoms. The van der Waals surface area contributed by atoms with E-state index in [0.717, 1.165) is 35.5 Å². The van der Waals surface area contributed by atoms with Crippen LogP contribution in [0.1, 0.15) is 67.9 Å². The molecular formula is C26H30F3N5O. The van der Waals surface area contributed by atoms with Crippen molar-refractivity contribution in [3.05, 3.63) is 76.9 Å². The van der Waals surface area contributed by atoms with E-state index in [9.17, 15) is 13.2 Å². The number of anilines is 1. The summed E-state index contributed by atoms with van der Waals surface area (Å²) in [6.45, 7) is 4.19. The molecule has 0 aliphatic carbocycles. The maximum Gasteiger partial charge on any atom is 0.416 e. The molecule has 6 nitrogen and oxygen atoms in total. The molecule has 0 spiro atoms. The van der Waals surface area contributed by atoms with Gasteiger partial charge in [0.25, 0.3) is 0 Å². The first-order chi connectivity index (χ1) is 16.9. The van der Waals surface area contributed by atoms with Crippen LogP contribution in [0.5, 0.6) is 0 Å². The van der Waals surface area contributed by atoms with E-state index in [1.165, 1.54) is 12.2 Å². The van der Waals surface area contributed by atoms with Crippen LogP contribution in [0.4, 0.5) is 19.0 Å². The largest absolute Gasteiger partial charge is 0.416 e. The Hall–Kier alpha value is -3.33. The minimum atomic E-state index is -4.42. The molecule has 4 heterocycles. The van der Waals surface area contributed by atoms with Crippen LogP contribution in [0.3, 0.4) is 0 Å². The third-order valence-corrected chi connectivity index (χ3v) is 6.09. The number of nitrogens with one attached hydrogen (secondary N) is 2. The van der Waals surface area contributed by atoms with E-state index >= 15 is 0 Å². The Morgan fingerprint density at radius 1 is 1.37 bits per heavy atom. The molecule has 2 atom stereocenters. The van der Waals surface area contributed by atoms with Crippen LogP contribution in [0.15, 0.2) is 54.4 Å². The van der Waals surface area contributed by atoms with E-state index in [-0.39, 0.29) is 12.3 Å². The number of allylic oxidation sites excluding steroid dienone is 6. The van der Waals surface area contributed by atoms with Crippen molar-refractivity contribution < 1.29 is 17.9 Å². The minimum absolute atomic E-state index is 0.0755. The van der Waals surface area contributed by atoms with Gasteiger partial charge in [-0.15, -0.1) is 0 Å². The van der Waals surface area contributed by atoms with Crippen molar-refractivity contribution in [1.29, 1.82) is 0 Å². The number of hydrogen-bond acceptors (Lipinski definition) is 5. The van der Waals surface area contributed by atoms with Crippen LogP contribution in [-0.2, 0) is 11.3 Å². The fourth-order valence-corrected chi connectivity index (χ4v) is 4.48. The smallest absolute Gasteiger partial charge is 0.362 e. The minimum Gasteiger partial charge on any atom is -0.362 e. The van der Waals surface area contributed by atoms with Gasteiger partial charge in [-0.25, -0.2) is 4.98 Å².